The fraction of sp³-hybridized carbons (Fsp3) is 0. The number of rotatable bonds is 1. The minimum Gasteiger partial charge on any atom is -0.320 e. The minimum atomic E-state index is -0.225. The zero-order valence-corrected chi connectivity index (χ0v) is 8.16. The molecule has 1 aliphatic heterocycles. The van der Waals surface area contributed by atoms with Gasteiger partial charge >= 0.3 is 0 Å². The van der Waals surface area contributed by atoms with Gasteiger partial charge in [0.1, 0.15) is 12.7 Å². The molecule has 2 heterocycles. The first-order valence-electron chi connectivity index (χ1n) is 4.69. The molecule has 0 spiro atoms. The van der Waals surface area contributed by atoms with Crippen LogP contribution >= 0.6 is 0 Å². The summed E-state index contributed by atoms with van der Waals surface area (Å²) < 4.78 is 0. The average Bonchev–Trinajstić information content (AvgIpc) is 2.89. The van der Waals surface area contributed by atoms with Gasteiger partial charge in [0.2, 0.25) is 0 Å². The van der Waals surface area contributed by atoms with E-state index in [0.29, 0.717) is 5.71 Å². The lowest BCUT2D eigenvalue weighted by molar-refractivity contribution is -0.110. The second kappa shape index (κ2) is 3.27. The Bertz CT molecular complexity index is 573. The van der Waals surface area contributed by atoms with E-state index in [1.807, 2.05) is 24.3 Å². The molecule has 3 rings (SSSR count). The van der Waals surface area contributed by atoms with Gasteiger partial charge in [0.15, 0.2) is 5.71 Å². The van der Waals surface area contributed by atoms with Crippen molar-refractivity contribution in [1.29, 1.82) is 0 Å². The van der Waals surface area contributed by atoms with Crippen LogP contribution in [0.25, 0.3) is 0 Å². The summed E-state index contributed by atoms with van der Waals surface area (Å²) in [6.45, 7) is 0. The molecule has 1 aromatic heterocycles. The van der Waals surface area contributed by atoms with Crippen LogP contribution in [0.2, 0.25) is 0 Å². The first-order valence-corrected chi connectivity index (χ1v) is 4.69. The van der Waals surface area contributed by atoms with Crippen LogP contribution in [0.1, 0.15) is 5.56 Å². The number of nitrogens with one attached hydrogen (secondary N) is 1. The highest BCUT2D eigenvalue weighted by atomic mass is 16.2. The Morgan fingerprint density at radius 1 is 1.31 bits per heavy atom. The van der Waals surface area contributed by atoms with E-state index in [-0.39, 0.29) is 5.91 Å². The molecule has 0 bridgehead atoms. The molecule has 16 heavy (non-hydrogen) atoms. The summed E-state index contributed by atoms with van der Waals surface area (Å²) in [5.74, 6) is -0.225. The largest absolute Gasteiger partial charge is 0.320 e. The van der Waals surface area contributed by atoms with Crippen molar-refractivity contribution in [2.75, 3.05) is 5.32 Å². The van der Waals surface area contributed by atoms with E-state index < -0.39 is 0 Å². The maximum absolute atomic E-state index is 11.7. The molecule has 0 aliphatic carbocycles. The zero-order valence-electron chi connectivity index (χ0n) is 8.16. The molecule has 1 amide bonds. The summed E-state index contributed by atoms with van der Waals surface area (Å²) in [4.78, 5) is 16.7. The second-order valence-electron chi connectivity index (χ2n) is 3.26. The lowest BCUT2D eigenvalue weighted by atomic mass is 10.1. The van der Waals surface area contributed by atoms with Crippen LogP contribution < -0.4 is 5.32 Å². The van der Waals surface area contributed by atoms with Gasteiger partial charge in [0, 0.05) is 5.56 Å². The first kappa shape index (κ1) is 8.78. The van der Waals surface area contributed by atoms with Crippen molar-refractivity contribution in [3.8, 4) is 0 Å². The fourth-order valence-electron chi connectivity index (χ4n) is 1.56. The van der Waals surface area contributed by atoms with E-state index in [0.717, 1.165) is 11.3 Å². The Labute approximate surface area is 90.6 Å². The van der Waals surface area contributed by atoms with Crippen molar-refractivity contribution < 1.29 is 4.79 Å². The molecule has 78 valence electrons. The van der Waals surface area contributed by atoms with Crippen LogP contribution in [-0.2, 0) is 4.79 Å². The molecule has 1 N–H and O–H groups in total. The van der Waals surface area contributed by atoms with Gasteiger partial charge in [0.25, 0.3) is 5.91 Å². The monoisotopic (exact) mass is 213 g/mol. The number of nitrogens with zero attached hydrogens (tertiary/aromatic N) is 4. The SMILES string of the molecule is O=C1Nc2ccccc2C1=Nn1cncn1. The van der Waals surface area contributed by atoms with Crippen molar-refractivity contribution in [1.82, 2.24) is 14.9 Å². The van der Waals surface area contributed by atoms with Crippen LogP contribution in [0.5, 0.6) is 0 Å². The van der Waals surface area contributed by atoms with Gasteiger partial charge in [-0.1, -0.05) is 18.2 Å². The smallest absolute Gasteiger partial charge is 0.276 e. The Morgan fingerprint density at radius 2 is 2.19 bits per heavy atom. The normalized spacial score (nSPS) is 16.2. The Morgan fingerprint density at radius 3 is 3.00 bits per heavy atom. The molecule has 0 saturated carbocycles. The average molecular weight is 213 g/mol. The highest BCUT2D eigenvalue weighted by molar-refractivity contribution is 6.53. The second-order valence-corrected chi connectivity index (χ2v) is 3.26. The lowest BCUT2D eigenvalue weighted by Crippen LogP contribution is -2.15. The molecule has 0 fully saturated rings. The summed E-state index contributed by atoms with van der Waals surface area (Å²) in [6.07, 6.45) is 2.80. The number of para-hydroxylation sites is 1. The molecular weight excluding hydrogens is 206 g/mol. The summed E-state index contributed by atoms with van der Waals surface area (Å²) in [5, 5.41) is 10.6. The van der Waals surface area contributed by atoms with Gasteiger partial charge in [-0.3, -0.25) is 4.79 Å². The number of benzene rings is 1. The van der Waals surface area contributed by atoms with E-state index in [9.17, 15) is 4.79 Å². The Balaban J connectivity index is 2.12. The van der Waals surface area contributed by atoms with Crippen LogP contribution in [0.15, 0.2) is 42.0 Å². The highest BCUT2D eigenvalue weighted by Gasteiger charge is 2.25. The third kappa shape index (κ3) is 1.28. The number of carbonyl (C=O) groups excluding carboxylic acids is 1. The van der Waals surface area contributed by atoms with E-state index in [1.54, 1.807) is 0 Å². The standard InChI is InChI=1S/C10H7N5O/c16-10-9(14-15-6-11-5-12-15)7-3-1-2-4-8(7)13-10/h1-6H,(H,13,14,16). The molecule has 0 radical (unpaired) electrons. The Kier molecular flexibility index (Phi) is 1.79. The Hall–Kier alpha value is -2.50. The van der Waals surface area contributed by atoms with Crippen molar-refractivity contribution >= 4 is 17.3 Å². The van der Waals surface area contributed by atoms with E-state index in [2.05, 4.69) is 20.5 Å². The molecule has 1 aromatic carbocycles. The van der Waals surface area contributed by atoms with Gasteiger partial charge in [-0.15, -0.1) is 15.0 Å². The van der Waals surface area contributed by atoms with Gasteiger partial charge in [0.05, 0.1) is 5.69 Å². The first-order chi connectivity index (χ1) is 7.84. The molecular formula is C10H7N5O. The molecule has 0 atom stereocenters. The van der Waals surface area contributed by atoms with E-state index in [1.165, 1.54) is 17.4 Å². The van der Waals surface area contributed by atoms with Crippen molar-refractivity contribution in [2.24, 2.45) is 5.10 Å². The maximum atomic E-state index is 11.7. The summed E-state index contributed by atoms with van der Waals surface area (Å²) in [7, 11) is 0. The van der Waals surface area contributed by atoms with Crippen LogP contribution in [0.3, 0.4) is 0 Å². The van der Waals surface area contributed by atoms with Crippen molar-refractivity contribution in [3.05, 3.63) is 42.5 Å². The maximum Gasteiger partial charge on any atom is 0.276 e. The summed E-state index contributed by atoms with van der Waals surface area (Å²) in [5.41, 5.74) is 1.90. The van der Waals surface area contributed by atoms with Crippen LogP contribution in [0, 0.1) is 0 Å². The van der Waals surface area contributed by atoms with E-state index >= 15 is 0 Å². The third-order valence-electron chi connectivity index (χ3n) is 2.25. The van der Waals surface area contributed by atoms with Crippen LogP contribution in [-0.4, -0.2) is 26.5 Å². The van der Waals surface area contributed by atoms with Crippen molar-refractivity contribution in [2.45, 2.75) is 0 Å². The number of fused-ring (bicyclic) bond motifs is 1. The van der Waals surface area contributed by atoms with Gasteiger partial charge in [-0.05, 0) is 6.07 Å². The molecule has 1 aliphatic rings. The minimum absolute atomic E-state index is 0.225. The number of aromatic nitrogens is 3. The lowest BCUT2D eigenvalue weighted by Gasteiger charge is -1.95. The fourth-order valence-corrected chi connectivity index (χ4v) is 1.56. The van der Waals surface area contributed by atoms with Crippen LogP contribution in [0.4, 0.5) is 5.69 Å². The number of anilines is 1. The molecule has 0 saturated heterocycles. The quantitative estimate of drug-likeness (QED) is 0.749. The molecule has 2 aromatic rings. The van der Waals surface area contributed by atoms with Crippen molar-refractivity contribution in [3.63, 3.8) is 0 Å². The summed E-state index contributed by atoms with van der Waals surface area (Å²) in [6, 6.07) is 7.38. The molecule has 6 nitrogen and oxygen atoms in total. The number of amides is 1. The number of hydrogen-bond acceptors (Lipinski definition) is 4. The van der Waals surface area contributed by atoms with Gasteiger partial charge in [-0.25, -0.2) is 4.98 Å². The topological polar surface area (TPSA) is 72.2 Å². The predicted molar refractivity (Wildman–Crippen MR) is 57.0 cm³/mol. The molecule has 0 unspecified atom stereocenters. The van der Waals surface area contributed by atoms with Gasteiger partial charge < -0.3 is 5.32 Å². The third-order valence-corrected chi connectivity index (χ3v) is 2.25. The zero-order chi connectivity index (χ0) is 11.0. The number of hydrogen-bond donors (Lipinski definition) is 1. The number of carbonyl (C=O) groups is 1. The van der Waals surface area contributed by atoms with E-state index in [4.69, 9.17) is 0 Å². The summed E-state index contributed by atoms with van der Waals surface area (Å²) >= 11 is 0. The highest BCUT2D eigenvalue weighted by Crippen LogP contribution is 2.22. The molecule has 6 heteroatoms. The van der Waals surface area contributed by atoms with Gasteiger partial charge in [-0.2, -0.15) is 0 Å². The predicted octanol–water partition coefficient (Wildman–Crippen LogP) is 0.483.